The molecule has 0 aliphatic heterocycles. The van der Waals surface area contributed by atoms with Crippen molar-refractivity contribution in [3.8, 4) is 0 Å². The van der Waals surface area contributed by atoms with Gasteiger partial charge in [-0.1, -0.05) is 55.8 Å². The van der Waals surface area contributed by atoms with Crippen LogP contribution in [0.25, 0.3) is 0 Å². The van der Waals surface area contributed by atoms with Crippen molar-refractivity contribution in [2.45, 2.75) is 56.3 Å². The summed E-state index contributed by atoms with van der Waals surface area (Å²) in [6.45, 7) is 3.71. The van der Waals surface area contributed by atoms with Crippen LogP contribution in [0.2, 0.25) is 5.02 Å². The van der Waals surface area contributed by atoms with Gasteiger partial charge in [-0.3, -0.25) is 0 Å². The van der Waals surface area contributed by atoms with E-state index in [2.05, 4.69) is 4.72 Å². The molecule has 0 heterocycles. The molecule has 2 rings (SSSR count). The molecule has 0 aliphatic carbocycles. The van der Waals surface area contributed by atoms with Gasteiger partial charge in [0.25, 0.3) is 0 Å². The standard InChI is InChI=1S/C21H28ClNO4S/c1-3-18(20(24)4-2)21(25)19(14-15-8-6-5-7-9-15)23-28(26,27)17-12-10-16(22)11-13-17/h5-13,18-21,23-25H,3-4,14H2,1-2H3. The molecule has 7 heteroatoms. The minimum absolute atomic E-state index is 0.0752. The molecule has 28 heavy (non-hydrogen) atoms. The van der Waals surface area contributed by atoms with Crippen molar-refractivity contribution in [2.75, 3.05) is 0 Å². The lowest BCUT2D eigenvalue weighted by Crippen LogP contribution is -2.50. The van der Waals surface area contributed by atoms with Gasteiger partial charge in [0.15, 0.2) is 0 Å². The van der Waals surface area contributed by atoms with Gasteiger partial charge in [0.1, 0.15) is 0 Å². The molecule has 0 saturated carbocycles. The Bertz CT molecular complexity index is 827. The fourth-order valence-electron chi connectivity index (χ4n) is 3.32. The molecular weight excluding hydrogens is 398 g/mol. The predicted octanol–water partition coefficient (Wildman–Crippen LogP) is 3.39. The zero-order chi connectivity index (χ0) is 20.7. The van der Waals surface area contributed by atoms with E-state index < -0.39 is 34.2 Å². The highest BCUT2D eigenvalue weighted by atomic mass is 35.5. The summed E-state index contributed by atoms with van der Waals surface area (Å²) in [7, 11) is -3.87. The van der Waals surface area contributed by atoms with Crippen LogP contribution in [0.5, 0.6) is 0 Å². The number of hydrogen-bond acceptors (Lipinski definition) is 4. The van der Waals surface area contributed by atoms with Crippen molar-refractivity contribution >= 4 is 21.6 Å². The van der Waals surface area contributed by atoms with E-state index in [0.29, 0.717) is 24.3 Å². The lowest BCUT2D eigenvalue weighted by atomic mass is 9.86. The minimum Gasteiger partial charge on any atom is -0.393 e. The average Bonchev–Trinajstić information content (AvgIpc) is 2.68. The highest BCUT2D eigenvalue weighted by Crippen LogP contribution is 2.23. The van der Waals surface area contributed by atoms with Crippen molar-refractivity contribution < 1.29 is 18.6 Å². The van der Waals surface area contributed by atoms with Gasteiger partial charge in [0.05, 0.1) is 23.1 Å². The van der Waals surface area contributed by atoms with E-state index in [-0.39, 0.29) is 4.90 Å². The molecule has 5 nitrogen and oxygen atoms in total. The fraction of sp³-hybridized carbons (Fsp3) is 0.429. The number of aliphatic hydroxyl groups is 2. The topological polar surface area (TPSA) is 86.6 Å². The summed E-state index contributed by atoms with van der Waals surface area (Å²) in [5, 5.41) is 21.7. The number of hydrogen-bond donors (Lipinski definition) is 3. The van der Waals surface area contributed by atoms with Crippen LogP contribution in [-0.2, 0) is 16.4 Å². The van der Waals surface area contributed by atoms with Crippen molar-refractivity contribution in [2.24, 2.45) is 5.92 Å². The molecule has 2 aromatic carbocycles. The van der Waals surface area contributed by atoms with E-state index in [1.54, 1.807) is 0 Å². The monoisotopic (exact) mass is 425 g/mol. The van der Waals surface area contributed by atoms with Crippen LogP contribution in [0, 0.1) is 5.92 Å². The van der Waals surface area contributed by atoms with Gasteiger partial charge in [-0.25, -0.2) is 13.1 Å². The van der Waals surface area contributed by atoms with Crippen LogP contribution in [0.3, 0.4) is 0 Å². The zero-order valence-electron chi connectivity index (χ0n) is 16.1. The molecular formula is C21H28ClNO4S. The summed E-state index contributed by atoms with van der Waals surface area (Å²) in [5.41, 5.74) is 0.895. The van der Waals surface area contributed by atoms with Crippen molar-refractivity contribution in [1.82, 2.24) is 4.72 Å². The lowest BCUT2D eigenvalue weighted by molar-refractivity contribution is -0.00659. The van der Waals surface area contributed by atoms with E-state index in [4.69, 9.17) is 11.6 Å². The summed E-state index contributed by atoms with van der Waals surface area (Å²) < 4.78 is 28.4. The van der Waals surface area contributed by atoms with Crippen LogP contribution in [-0.4, -0.2) is 36.9 Å². The summed E-state index contributed by atoms with van der Waals surface area (Å²) >= 11 is 5.85. The normalized spacial score (nSPS) is 16.3. The van der Waals surface area contributed by atoms with E-state index in [1.807, 2.05) is 44.2 Å². The Morgan fingerprint density at radius 3 is 2.11 bits per heavy atom. The maximum atomic E-state index is 12.9. The molecule has 0 aromatic heterocycles. The van der Waals surface area contributed by atoms with Gasteiger partial charge >= 0.3 is 0 Å². The number of aliphatic hydroxyl groups excluding tert-OH is 2. The van der Waals surface area contributed by atoms with Gasteiger partial charge < -0.3 is 10.2 Å². The molecule has 0 bridgehead atoms. The molecule has 0 aliphatic rings. The molecule has 154 valence electrons. The Morgan fingerprint density at radius 1 is 0.964 bits per heavy atom. The maximum absolute atomic E-state index is 12.9. The Morgan fingerprint density at radius 2 is 1.57 bits per heavy atom. The zero-order valence-corrected chi connectivity index (χ0v) is 17.7. The van der Waals surface area contributed by atoms with Crippen LogP contribution >= 0.6 is 11.6 Å². The smallest absolute Gasteiger partial charge is 0.240 e. The SMILES string of the molecule is CCC(O)C(CC)C(O)C(Cc1ccccc1)NS(=O)(=O)c1ccc(Cl)cc1. The molecule has 0 spiro atoms. The molecule has 0 amide bonds. The highest BCUT2D eigenvalue weighted by Gasteiger charge is 2.33. The van der Waals surface area contributed by atoms with Crippen LogP contribution in [0.15, 0.2) is 59.5 Å². The number of nitrogens with one attached hydrogen (secondary N) is 1. The summed E-state index contributed by atoms with van der Waals surface area (Å²) in [5.74, 6) is -0.438. The predicted molar refractivity (Wildman–Crippen MR) is 112 cm³/mol. The third kappa shape index (κ3) is 6.03. The Labute approximate surface area is 172 Å². The second-order valence-corrected chi connectivity index (χ2v) is 9.06. The number of rotatable bonds is 10. The first-order chi connectivity index (χ1) is 13.3. The minimum atomic E-state index is -3.87. The highest BCUT2D eigenvalue weighted by molar-refractivity contribution is 7.89. The lowest BCUT2D eigenvalue weighted by Gasteiger charge is -2.32. The second kappa shape index (κ2) is 10.4. The first kappa shape index (κ1) is 22.8. The maximum Gasteiger partial charge on any atom is 0.240 e. The van der Waals surface area contributed by atoms with Crippen molar-refractivity contribution in [3.05, 3.63) is 65.2 Å². The summed E-state index contributed by atoms with van der Waals surface area (Å²) in [6.07, 6.45) is -0.427. The molecule has 0 fully saturated rings. The fourth-order valence-corrected chi connectivity index (χ4v) is 4.70. The number of sulfonamides is 1. The molecule has 3 N–H and O–H groups in total. The van der Waals surface area contributed by atoms with Crippen molar-refractivity contribution in [3.63, 3.8) is 0 Å². The molecule has 2 aromatic rings. The van der Waals surface area contributed by atoms with Crippen LogP contribution < -0.4 is 4.72 Å². The van der Waals surface area contributed by atoms with E-state index in [0.717, 1.165) is 5.56 Å². The van der Waals surface area contributed by atoms with Crippen molar-refractivity contribution in [1.29, 1.82) is 0 Å². The van der Waals surface area contributed by atoms with Gasteiger partial charge in [-0.2, -0.15) is 0 Å². The quantitative estimate of drug-likeness (QED) is 0.544. The van der Waals surface area contributed by atoms with Gasteiger partial charge in [0, 0.05) is 10.9 Å². The number of halogens is 1. The third-order valence-electron chi connectivity index (χ3n) is 4.96. The Hall–Kier alpha value is -1.44. The molecule has 4 unspecified atom stereocenters. The number of benzene rings is 2. The van der Waals surface area contributed by atoms with Gasteiger partial charge in [-0.05, 0) is 49.1 Å². The van der Waals surface area contributed by atoms with E-state index >= 15 is 0 Å². The Balaban J connectivity index is 2.32. The van der Waals surface area contributed by atoms with Gasteiger partial charge in [-0.15, -0.1) is 0 Å². The van der Waals surface area contributed by atoms with E-state index in [9.17, 15) is 18.6 Å². The van der Waals surface area contributed by atoms with Gasteiger partial charge in [0.2, 0.25) is 10.0 Å². The largest absolute Gasteiger partial charge is 0.393 e. The Kier molecular flexibility index (Phi) is 8.46. The average molecular weight is 426 g/mol. The van der Waals surface area contributed by atoms with Crippen LogP contribution in [0.4, 0.5) is 0 Å². The summed E-state index contributed by atoms with van der Waals surface area (Å²) in [6, 6.07) is 14.5. The second-order valence-electron chi connectivity index (χ2n) is 6.91. The summed E-state index contributed by atoms with van der Waals surface area (Å²) in [4.78, 5) is 0.0752. The first-order valence-electron chi connectivity index (χ1n) is 9.46. The first-order valence-corrected chi connectivity index (χ1v) is 11.3. The molecule has 4 atom stereocenters. The van der Waals surface area contributed by atoms with E-state index in [1.165, 1.54) is 24.3 Å². The third-order valence-corrected chi connectivity index (χ3v) is 6.72. The van der Waals surface area contributed by atoms with Crippen LogP contribution in [0.1, 0.15) is 32.3 Å². The molecule has 0 radical (unpaired) electrons. The molecule has 0 saturated heterocycles.